The van der Waals surface area contributed by atoms with Gasteiger partial charge in [-0.2, -0.15) is 0 Å². The van der Waals surface area contributed by atoms with E-state index in [-0.39, 0.29) is 0 Å². The third-order valence-corrected chi connectivity index (χ3v) is 8.60. The van der Waals surface area contributed by atoms with E-state index < -0.39 is 17.8 Å². The summed E-state index contributed by atoms with van der Waals surface area (Å²) < 4.78 is 28.2. The lowest BCUT2D eigenvalue weighted by atomic mass is 9.68. The van der Waals surface area contributed by atoms with Crippen molar-refractivity contribution in [2.24, 2.45) is 23.7 Å². The highest BCUT2D eigenvalue weighted by atomic mass is 19.3. The predicted octanol–water partition coefficient (Wildman–Crippen LogP) is 8.72. The van der Waals surface area contributed by atoms with Gasteiger partial charge in [-0.3, -0.25) is 0 Å². The Morgan fingerprint density at radius 3 is 1.79 bits per heavy atom. The van der Waals surface area contributed by atoms with Crippen LogP contribution in [0.5, 0.6) is 0 Å². The molecule has 0 saturated heterocycles. The lowest BCUT2D eigenvalue weighted by Crippen LogP contribution is -2.25. The highest BCUT2D eigenvalue weighted by Gasteiger charge is 2.67. The molecule has 2 unspecified atom stereocenters. The summed E-state index contributed by atoms with van der Waals surface area (Å²) in [4.78, 5) is 0. The van der Waals surface area contributed by atoms with Gasteiger partial charge in [-0.1, -0.05) is 70.2 Å². The second-order valence-electron chi connectivity index (χ2n) is 10.4. The van der Waals surface area contributed by atoms with Gasteiger partial charge in [0.05, 0.1) is 5.92 Å². The minimum absolute atomic E-state index is 0.429. The lowest BCUT2D eigenvalue weighted by Gasteiger charge is -2.38. The van der Waals surface area contributed by atoms with E-state index in [0.717, 1.165) is 29.7 Å². The largest absolute Gasteiger partial charge is 0.258 e. The molecule has 0 N–H and O–H groups in total. The molecule has 0 amide bonds. The van der Waals surface area contributed by atoms with Crippen LogP contribution in [-0.2, 0) is 0 Å². The zero-order valence-electron chi connectivity index (χ0n) is 18.5. The molecule has 2 atom stereocenters. The zero-order valence-corrected chi connectivity index (χ0v) is 18.5. The maximum Gasteiger partial charge on any atom is 0.258 e. The van der Waals surface area contributed by atoms with Crippen LogP contribution >= 0.6 is 0 Å². The predicted molar refractivity (Wildman–Crippen MR) is 118 cm³/mol. The fraction of sp³-hybridized carbons (Fsp3) is 0.778. The van der Waals surface area contributed by atoms with Gasteiger partial charge >= 0.3 is 0 Å². The number of halogens is 2. The maximum absolute atomic E-state index is 14.1. The fourth-order valence-corrected chi connectivity index (χ4v) is 6.77. The van der Waals surface area contributed by atoms with E-state index in [1.54, 1.807) is 0 Å². The van der Waals surface area contributed by atoms with Crippen LogP contribution in [0.15, 0.2) is 24.3 Å². The summed E-state index contributed by atoms with van der Waals surface area (Å²) >= 11 is 0. The van der Waals surface area contributed by atoms with Crippen LogP contribution < -0.4 is 0 Å². The first kappa shape index (κ1) is 21.3. The molecule has 3 aliphatic rings. The van der Waals surface area contributed by atoms with E-state index >= 15 is 0 Å². The Morgan fingerprint density at radius 2 is 1.24 bits per heavy atom. The molecule has 0 aliphatic heterocycles. The van der Waals surface area contributed by atoms with Crippen LogP contribution in [0.1, 0.15) is 114 Å². The average molecular weight is 403 g/mol. The summed E-state index contributed by atoms with van der Waals surface area (Å²) in [6, 6.07) is 8.33. The summed E-state index contributed by atoms with van der Waals surface area (Å²) in [5, 5.41) is 0. The summed E-state index contributed by atoms with van der Waals surface area (Å²) in [5.74, 6) is 0.110. The van der Waals surface area contributed by atoms with E-state index in [1.807, 2.05) is 19.1 Å². The molecular formula is C27H40F2. The maximum atomic E-state index is 14.1. The van der Waals surface area contributed by atoms with Gasteiger partial charge in [0, 0.05) is 5.92 Å². The second kappa shape index (κ2) is 9.06. The topological polar surface area (TPSA) is 0 Å². The van der Waals surface area contributed by atoms with Gasteiger partial charge in [0.25, 0.3) is 5.92 Å². The van der Waals surface area contributed by atoms with Crippen molar-refractivity contribution in [3.63, 3.8) is 0 Å². The number of rotatable bonds is 7. The zero-order chi connectivity index (χ0) is 20.4. The molecule has 1 aromatic rings. The van der Waals surface area contributed by atoms with Gasteiger partial charge in [0.2, 0.25) is 0 Å². The molecule has 3 saturated carbocycles. The molecule has 3 fully saturated rings. The Bertz CT molecular complexity index is 633. The molecule has 162 valence electrons. The molecule has 29 heavy (non-hydrogen) atoms. The third-order valence-electron chi connectivity index (χ3n) is 8.60. The van der Waals surface area contributed by atoms with Crippen LogP contribution in [0.2, 0.25) is 0 Å². The van der Waals surface area contributed by atoms with Crippen molar-refractivity contribution in [2.75, 3.05) is 0 Å². The highest BCUT2D eigenvalue weighted by Crippen LogP contribution is 2.63. The van der Waals surface area contributed by atoms with Crippen molar-refractivity contribution in [3.05, 3.63) is 35.4 Å². The molecule has 0 nitrogen and oxygen atoms in total. The van der Waals surface area contributed by atoms with E-state index in [1.165, 1.54) is 69.8 Å². The van der Waals surface area contributed by atoms with E-state index in [4.69, 9.17) is 0 Å². The summed E-state index contributed by atoms with van der Waals surface area (Å²) in [6.45, 7) is 4.32. The van der Waals surface area contributed by atoms with E-state index in [0.29, 0.717) is 12.3 Å². The average Bonchev–Trinajstić information content (AvgIpc) is 3.29. The third kappa shape index (κ3) is 4.57. The highest BCUT2D eigenvalue weighted by molar-refractivity contribution is 5.35. The molecule has 0 radical (unpaired) electrons. The first-order valence-corrected chi connectivity index (χ1v) is 12.5. The first-order valence-electron chi connectivity index (χ1n) is 12.5. The van der Waals surface area contributed by atoms with Crippen LogP contribution in [-0.4, -0.2) is 5.92 Å². The van der Waals surface area contributed by atoms with Crippen molar-refractivity contribution in [1.29, 1.82) is 0 Å². The number of benzene rings is 1. The lowest BCUT2D eigenvalue weighted by molar-refractivity contribution is 0.0915. The Morgan fingerprint density at radius 1 is 0.724 bits per heavy atom. The minimum atomic E-state index is -2.48. The number of hydrogen-bond donors (Lipinski definition) is 0. The van der Waals surface area contributed by atoms with E-state index in [2.05, 4.69) is 19.1 Å². The Balaban J connectivity index is 1.27. The molecule has 0 heterocycles. The van der Waals surface area contributed by atoms with E-state index in [9.17, 15) is 8.78 Å². The molecule has 0 spiro atoms. The molecule has 0 aromatic heterocycles. The Kier molecular flexibility index (Phi) is 6.66. The van der Waals surface area contributed by atoms with Gasteiger partial charge in [-0.05, 0) is 79.7 Å². The smallest absolute Gasteiger partial charge is 0.206 e. The summed E-state index contributed by atoms with van der Waals surface area (Å²) in [5.41, 5.74) is 2.24. The monoisotopic (exact) mass is 402 g/mol. The van der Waals surface area contributed by atoms with Crippen LogP contribution in [0, 0.1) is 23.7 Å². The van der Waals surface area contributed by atoms with Gasteiger partial charge in [-0.15, -0.1) is 0 Å². The minimum Gasteiger partial charge on any atom is -0.206 e. The SMILES string of the molecule is CCCC1CCC(C2CCC(c3ccc(C4C(CCC)C4(F)F)cc3)CC2)CC1. The standard InChI is InChI=1S/C27H40F2/c1-3-5-19-7-9-20(10-8-19)21-11-13-22(14-12-21)23-15-17-24(18-16-23)26-25(6-4-2)27(26,28)29/h15-22,25-26H,3-14H2,1-2H3. The van der Waals surface area contributed by atoms with Crippen LogP contribution in [0.4, 0.5) is 8.78 Å². The fourth-order valence-electron chi connectivity index (χ4n) is 6.77. The Hall–Kier alpha value is -0.920. The van der Waals surface area contributed by atoms with Gasteiger partial charge in [0.1, 0.15) is 0 Å². The molecule has 3 aliphatic carbocycles. The van der Waals surface area contributed by atoms with Crippen molar-refractivity contribution in [3.8, 4) is 0 Å². The molecule has 0 bridgehead atoms. The van der Waals surface area contributed by atoms with Crippen molar-refractivity contribution in [2.45, 2.75) is 109 Å². The normalized spacial score (nSPS) is 36.7. The van der Waals surface area contributed by atoms with Gasteiger partial charge in [0.15, 0.2) is 0 Å². The number of hydrogen-bond acceptors (Lipinski definition) is 0. The Labute approximate surface area is 176 Å². The van der Waals surface area contributed by atoms with Gasteiger partial charge in [-0.25, -0.2) is 8.78 Å². The van der Waals surface area contributed by atoms with Crippen molar-refractivity contribution in [1.82, 2.24) is 0 Å². The quantitative estimate of drug-likeness (QED) is 0.428. The van der Waals surface area contributed by atoms with Crippen LogP contribution in [0.25, 0.3) is 0 Å². The van der Waals surface area contributed by atoms with Gasteiger partial charge < -0.3 is 0 Å². The number of alkyl halides is 2. The molecular weight excluding hydrogens is 362 g/mol. The summed E-state index contributed by atoms with van der Waals surface area (Å²) in [7, 11) is 0. The molecule has 4 rings (SSSR count). The first-order chi connectivity index (χ1) is 14.0. The summed E-state index contributed by atoms with van der Waals surface area (Å²) in [6.07, 6.45) is 15.4. The van der Waals surface area contributed by atoms with Crippen molar-refractivity contribution >= 4 is 0 Å². The molecule has 2 heteroatoms. The van der Waals surface area contributed by atoms with Crippen molar-refractivity contribution < 1.29 is 8.78 Å². The van der Waals surface area contributed by atoms with Crippen LogP contribution in [0.3, 0.4) is 0 Å². The molecule has 1 aromatic carbocycles. The second-order valence-corrected chi connectivity index (χ2v) is 10.4.